The van der Waals surface area contributed by atoms with Crippen LogP contribution in [0.25, 0.3) is 0 Å². The molecule has 6 heteroatoms. The average molecular weight is 266 g/mol. The van der Waals surface area contributed by atoms with Gasteiger partial charge in [0.1, 0.15) is 5.82 Å². The number of rotatable bonds is 3. The van der Waals surface area contributed by atoms with Gasteiger partial charge in [0, 0.05) is 0 Å². The van der Waals surface area contributed by atoms with Crippen LogP contribution in [0, 0.1) is 5.82 Å². The fourth-order valence-corrected chi connectivity index (χ4v) is 1.49. The maximum Gasteiger partial charge on any atom is 0.230 e. The van der Waals surface area contributed by atoms with Crippen molar-refractivity contribution in [3.63, 3.8) is 0 Å². The molecule has 1 aromatic carbocycles. The van der Waals surface area contributed by atoms with Crippen molar-refractivity contribution in [3.8, 4) is 0 Å². The second kappa shape index (κ2) is 5.55. The number of benzene rings is 1. The van der Waals surface area contributed by atoms with Crippen LogP contribution >= 0.6 is 11.6 Å². The lowest BCUT2D eigenvalue weighted by Gasteiger charge is -2.04. The van der Waals surface area contributed by atoms with E-state index in [0.717, 1.165) is 0 Å². The SMILES string of the molecule is O=C(Cc1ccccc1F)Nc1ccc(Cl)nn1. The van der Waals surface area contributed by atoms with Gasteiger partial charge >= 0.3 is 0 Å². The second-order valence-corrected chi connectivity index (χ2v) is 3.94. The molecule has 1 aromatic heterocycles. The van der Waals surface area contributed by atoms with Gasteiger partial charge in [-0.3, -0.25) is 4.79 Å². The lowest BCUT2D eigenvalue weighted by molar-refractivity contribution is -0.115. The van der Waals surface area contributed by atoms with E-state index in [1.54, 1.807) is 18.2 Å². The van der Waals surface area contributed by atoms with Gasteiger partial charge in [-0.05, 0) is 23.8 Å². The van der Waals surface area contributed by atoms with Gasteiger partial charge in [-0.25, -0.2) is 4.39 Å². The Morgan fingerprint density at radius 2 is 2.00 bits per heavy atom. The van der Waals surface area contributed by atoms with E-state index >= 15 is 0 Å². The number of nitrogens with one attached hydrogen (secondary N) is 1. The maximum atomic E-state index is 13.3. The Morgan fingerprint density at radius 3 is 2.67 bits per heavy atom. The van der Waals surface area contributed by atoms with Gasteiger partial charge in [0.2, 0.25) is 5.91 Å². The van der Waals surface area contributed by atoms with Crippen LogP contribution in [0.1, 0.15) is 5.56 Å². The van der Waals surface area contributed by atoms with Crippen LogP contribution < -0.4 is 5.32 Å². The van der Waals surface area contributed by atoms with E-state index in [9.17, 15) is 9.18 Å². The highest BCUT2D eigenvalue weighted by molar-refractivity contribution is 6.29. The van der Waals surface area contributed by atoms with Crippen LogP contribution in [0.5, 0.6) is 0 Å². The molecular formula is C12H9ClFN3O. The van der Waals surface area contributed by atoms with Crippen molar-refractivity contribution >= 4 is 23.3 Å². The Morgan fingerprint density at radius 1 is 1.22 bits per heavy atom. The second-order valence-electron chi connectivity index (χ2n) is 3.56. The molecular weight excluding hydrogens is 257 g/mol. The Bertz CT molecular complexity index is 560. The topological polar surface area (TPSA) is 54.9 Å². The standard InChI is InChI=1S/C12H9ClFN3O/c13-10-5-6-11(17-16-10)15-12(18)7-8-3-1-2-4-9(8)14/h1-6H,7H2,(H,15,17,18). The predicted octanol–water partition coefficient (Wildman–Crippen LogP) is 2.45. The van der Waals surface area contributed by atoms with Crippen LogP contribution in [0.15, 0.2) is 36.4 Å². The highest BCUT2D eigenvalue weighted by atomic mass is 35.5. The molecule has 0 radical (unpaired) electrons. The molecule has 0 aliphatic carbocycles. The predicted molar refractivity (Wildman–Crippen MR) is 65.8 cm³/mol. The molecule has 1 amide bonds. The summed E-state index contributed by atoms with van der Waals surface area (Å²) in [7, 11) is 0. The first-order valence-corrected chi connectivity index (χ1v) is 5.55. The number of anilines is 1. The minimum atomic E-state index is -0.408. The quantitative estimate of drug-likeness (QED) is 0.927. The van der Waals surface area contributed by atoms with Gasteiger partial charge < -0.3 is 5.32 Å². The summed E-state index contributed by atoms with van der Waals surface area (Å²) in [4.78, 5) is 11.6. The Balaban J connectivity index is 2.01. The molecule has 0 saturated carbocycles. The first-order valence-electron chi connectivity index (χ1n) is 5.17. The van der Waals surface area contributed by atoms with Crippen LogP contribution in [-0.4, -0.2) is 16.1 Å². The maximum absolute atomic E-state index is 13.3. The van der Waals surface area contributed by atoms with Gasteiger partial charge in [0.15, 0.2) is 11.0 Å². The molecule has 0 aliphatic rings. The largest absolute Gasteiger partial charge is 0.309 e. The first kappa shape index (κ1) is 12.4. The van der Waals surface area contributed by atoms with E-state index in [1.807, 2.05) is 0 Å². The van der Waals surface area contributed by atoms with Gasteiger partial charge in [-0.2, -0.15) is 0 Å². The summed E-state index contributed by atoms with van der Waals surface area (Å²) >= 11 is 5.56. The number of hydrogen-bond donors (Lipinski definition) is 1. The number of carbonyl (C=O) groups is 1. The summed E-state index contributed by atoms with van der Waals surface area (Å²) in [6.45, 7) is 0. The Labute approximate surface area is 108 Å². The van der Waals surface area contributed by atoms with E-state index < -0.39 is 5.82 Å². The van der Waals surface area contributed by atoms with E-state index in [4.69, 9.17) is 11.6 Å². The molecule has 4 nitrogen and oxygen atoms in total. The molecule has 1 N–H and O–H groups in total. The number of amides is 1. The van der Waals surface area contributed by atoms with E-state index in [-0.39, 0.29) is 23.3 Å². The lowest BCUT2D eigenvalue weighted by Crippen LogP contribution is -2.16. The Kier molecular flexibility index (Phi) is 3.84. The molecule has 0 saturated heterocycles. The van der Waals surface area contributed by atoms with Crippen LogP contribution in [0.3, 0.4) is 0 Å². The van der Waals surface area contributed by atoms with Crippen LogP contribution in [-0.2, 0) is 11.2 Å². The van der Waals surface area contributed by atoms with Gasteiger partial charge in [-0.15, -0.1) is 10.2 Å². The molecule has 0 fully saturated rings. The van der Waals surface area contributed by atoms with Crippen molar-refractivity contribution in [2.75, 3.05) is 5.32 Å². The summed E-state index contributed by atoms with van der Waals surface area (Å²) in [6, 6.07) is 9.14. The van der Waals surface area contributed by atoms with Crippen LogP contribution in [0.2, 0.25) is 5.15 Å². The van der Waals surface area contributed by atoms with Gasteiger partial charge in [0.25, 0.3) is 0 Å². The van der Waals surface area contributed by atoms with Crippen molar-refractivity contribution in [2.45, 2.75) is 6.42 Å². The molecule has 0 aliphatic heterocycles. The number of carbonyl (C=O) groups excluding carboxylic acids is 1. The number of halogens is 2. The number of aromatic nitrogens is 2. The summed E-state index contributed by atoms with van der Waals surface area (Å²) in [5.74, 6) is -0.493. The fourth-order valence-electron chi connectivity index (χ4n) is 1.38. The first-order chi connectivity index (χ1) is 8.65. The van der Waals surface area contributed by atoms with E-state index in [2.05, 4.69) is 15.5 Å². The number of hydrogen-bond acceptors (Lipinski definition) is 3. The lowest BCUT2D eigenvalue weighted by atomic mass is 10.1. The summed E-state index contributed by atoms with van der Waals surface area (Å²) < 4.78 is 13.3. The third kappa shape index (κ3) is 3.24. The minimum absolute atomic E-state index is 0.0586. The zero-order valence-electron chi connectivity index (χ0n) is 9.23. The van der Waals surface area contributed by atoms with Crippen molar-refractivity contribution in [1.29, 1.82) is 0 Å². The highest BCUT2D eigenvalue weighted by Gasteiger charge is 2.08. The molecule has 0 bridgehead atoms. The molecule has 0 atom stereocenters. The molecule has 2 rings (SSSR count). The smallest absolute Gasteiger partial charge is 0.230 e. The summed E-state index contributed by atoms with van der Waals surface area (Å²) in [5.41, 5.74) is 0.330. The van der Waals surface area contributed by atoms with Crippen molar-refractivity contribution in [3.05, 3.63) is 52.9 Å². The third-order valence-electron chi connectivity index (χ3n) is 2.21. The molecule has 18 heavy (non-hydrogen) atoms. The van der Waals surface area contributed by atoms with Crippen molar-refractivity contribution in [1.82, 2.24) is 10.2 Å². The van der Waals surface area contributed by atoms with Gasteiger partial charge in [-0.1, -0.05) is 29.8 Å². The van der Waals surface area contributed by atoms with Crippen LogP contribution in [0.4, 0.5) is 10.2 Å². The average Bonchev–Trinajstić information content (AvgIpc) is 2.35. The van der Waals surface area contributed by atoms with E-state index in [1.165, 1.54) is 18.2 Å². The molecule has 92 valence electrons. The summed E-state index contributed by atoms with van der Waals surface area (Å²) in [5, 5.41) is 10.0. The van der Waals surface area contributed by atoms with E-state index in [0.29, 0.717) is 5.56 Å². The molecule has 0 unspecified atom stereocenters. The number of nitrogens with zero attached hydrogens (tertiary/aromatic N) is 2. The summed E-state index contributed by atoms with van der Waals surface area (Å²) in [6.07, 6.45) is -0.0586. The van der Waals surface area contributed by atoms with Crippen molar-refractivity contribution < 1.29 is 9.18 Å². The highest BCUT2D eigenvalue weighted by Crippen LogP contribution is 2.09. The van der Waals surface area contributed by atoms with Gasteiger partial charge in [0.05, 0.1) is 6.42 Å². The third-order valence-corrected chi connectivity index (χ3v) is 2.41. The molecule has 0 spiro atoms. The van der Waals surface area contributed by atoms with Crippen molar-refractivity contribution in [2.24, 2.45) is 0 Å². The molecule has 1 heterocycles. The molecule has 2 aromatic rings. The normalized spacial score (nSPS) is 10.1. The zero-order valence-corrected chi connectivity index (χ0v) is 9.99. The minimum Gasteiger partial charge on any atom is -0.309 e. The zero-order chi connectivity index (χ0) is 13.0. The fraction of sp³-hybridized carbons (Fsp3) is 0.0833. The monoisotopic (exact) mass is 265 g/mol. The Hall–Kier alpha value is -2.01.